The molecule has 0 radical (unpaired) electrons. The molecule has 0 bridgehead atoms. The van der Waals surface area contributed by atoms with Crippen LogP contribution < -0.4 is 4.74 Å². The fourth-order valence-corrected chi connectivity index (χ4v) is 2.50. The summed E-state index contributed by atoms with van der Waals surface area (Å²) in [6.45, 7) is 4.27. The minimum Gasteiger partial charge on any atom is -0.429 e. The number of aromatic nitrogens is 1. The molecule has 2 aromatic rings. The van der Waals surface area contributed by atoms with E-state index in [9.17, 15) is 8.78 Å². The van der Waals surface area contributed by atoms with Crippen molar-refractivity contribution in [3.05, 3.63) is 42.1 Å². The zero-order valence-corrected chi connectivity index (χ0v) is 14.6. The summed E-state index contributed by atoms with van der Waals surface area (Å²) in [6.07, 6.45) is -0.341. The van der Waals surface area contributed by atoms with E-state index < -0.39 is 12.7 Å². The van der Waals surface area contributed by atoms with E-state index in [4.69, 9.17) is 9.84 Å². The third-order valence-corrected chi connectivity index (χ3v) is 3.69. The number of aliphatic hydroxyl groups excluding tert-OH is 1. The van der Waals surface area contributed by atoms with Gasteiger partial charge in [0, 0.05) is 17.5 Å². The first kappa shape index (κ1) is 19.0. The van der Waals surface area contributed by atoms with Crippen LogP contribution in [0.15, 0.2) is 41.5 Å². The zero-order valence-electron chi connectivity index (χ0n) is 14.6. The molecule has 0 aliphatic carbocycles. The highest BCUT2D eigenvalue weighted by molar-refractivity contribution is 5.87. The zero-order chi connectivity index (χ0) is 18.4. The van der Waals surface area contributed by atoms with E-state index in [0.717, 1.165) is 29.8 Å². The van der Waals surface area contributed by atoms with Gasteiger partial charge in [-0.15, -0.1) is 0 Å². The van der Waals surface area contributed by atoms with Gasteiger partial charge < -0.3 is 9.84 Å². The van der Waals surface area contributed by atoms with Crippen LogP contribution in [-0.4, -0.2) is 28.5 Å². The summed E-state index contributed by atoms with van der Waals surface area (Å²) in [5.74, 6) is -0.0633. The van der Waals surface area contributed by atoms with E-state index >= 15 is 0 Å². The van der Waals surface area contributed by atoms with Crippen LogP contribution in [0.5, 0.6) is 5.75 Å². The number of aliphatic hydroxyl groups is 1. The van der Waals surface area contributed by atoms with Crippen molar-refractivity contribution in [2.45, 2.75) is 39.7 Å². The molecule has 1 N–H and O–H groups in total. The van der Waals surface area contributed by atoms with Crippen molar-refractivity contribution in [3.63, 3.8) is 0 Å². The van der Waals surface area contributed by atoms with Gasteiger partial charge in [0.1, 0.15) is 12.3 Å². The van der Waals surface area contributed by atoms with Crippen LogP contribution in [0.2, 0.25) is 0 Å². The van der Waals surface area contributed by atoms with Crippen molar-refractivity contribution in [1.29, 1.82) is 0 Å². The second kappa shape index (κ2) is 8.16. The topological polar surface area (TPSA) is 54.7 Å². The Kier molecular flexibility index (Phi) is 6.20. The van der Waals surface area contributed by atoms with Crippen molar-refractivity contribution in [1.82, 2.24) is 4.98 Å². The monoisotopic (exact) mass is 348 g/mol. The molecule has 0 amide bonds. The molecule has 4 nitrogen and oxygen atoms in total. The van der Waals surface area contributed by atoms with Gasteiger partial charge >= 0.3 is 6.11 Å². The van der Waals surface area contributed by atoms with Crippen LogP contribution in [0, 0.1) is 6.92 Å². The van der Waals surface area contributed by atoms with Crippen LogP contribution >= 0.6 is 0 Å². The number of pyridine rings is 1. The third kappa shape index (κ3) is 4.82. The van der Waals surface area contributed by atoms with E-state index in [1.807, 2.05) is 32.0 Å². The average Bonchev–Trinajstić information content (AvgIpc) is 2.59. The quantitative estimate of drug-likeness (QED) is 0.723. The van der Waals surface area contributed by atoms with Gasteiger partial charge in [0.25, 0.3) is 0 Å². The molecule has 2 rings (SSSR count). The number of rotatable bonds is 7. The van der Waals surface area contributed by atoms with Crippen molar-refractivity contribution < 1.29 is 18.6 Å². The van der Waals surface area contributed by atoms with Gasteiger partial charge in [-0.3, -0.25) is 9.98 Å². The summed E-state index contributed by atoms with van der Waals surface area (Å²) in [6, 6.07) is 8.63. The number of ether oxygens (including phenoxy) is 1. The van der Waals surface area contributed by atoms with E-state index in [2.05, 4.69) is 9.98 Å². The highest BCUT2D eigenvalue weighted by atomic mass is 19.3. The Morgan fingerprint density at radius 3 is 2.64 bits per heavy atom. The molecule has 6 heteroatoms. The lowest BCUT2D eigenvalue weighted by molar-refractivity contribution is -0.200. The Morgan fingerprint density at radius 2 is 2.04 bits per heavy atom. The molecule has 25 heavy (non-hydrogen) atoms. The molecule has 0 unspecified atom stereocenters. The maximum absolute atomic E-state index is 13.5. The third-order valence-electron chi connectivity index (χ3n) is 3.69. The highest BCUT2D eigenvalue weighted by Gasteiger charge is 2.32. The Morgan fingerprint density at radius 1 is 1.28 bits per heavy atom. The first-order valence-corrected chi connectivity index (χ1v) is 8.15. The summed E-state index contributed by atoms with van der Waals surface area (Å²) >= 11 is 0. The molecule has 0 atom stereocenters. The molecule has 0 fully saturated rings. The normalized spacial score (nSPS) is 12.3. The molecule has 0 aliphatic heterocycles. The van der Waals surface area contributed by atoms with Crippen LogP contribution in [0.25, 0.3) is 11.3 Å². The summed E-state index contributed by atoms with van der Waals surface area (Å²) < 4.78 is 31.8. The number of aliphatic imine (C=N–C) groups is 1. The van der Waals surface area contributed by atoms with Crippen LogP contribution in [0.3, 0.4) is 0 Å². The summed E-state index contributed by atoms with van der Waals surface area (Å²) in [4.78, 5) is 8.81. The number of benzene rings is 1. The molecule has 0 saturated heterocycles. The van der Waals surface area contributed by atoms with Crippen LogP contribution in [0.1, 0.15) is 32.3 Å². The Hall–Kier alpha value is -2.34. The minimum atomic E-state index is -3.66. The lowest BCUT2D eigenvalue weighted by atomic mass is 10.0. The molecule has 134 valence electrons. The fraction of sp³-hybridized carbons (Fsp3) is 0.368. The van der Waals surface area contributed by atoms with Crippen LogP contribution in [-0.2, 0) is 0 Å². The first-order chi connectivity index (χ1) is 11.9. The Balaban J connectivity index is 2.57. The molecule has 0 aliphatic rings. The van der Waals surface area contributed by atoms with Crippen molar-refractivity contribution >= 4 is 11.4 Å². The molecule has 0 saturated carbocycles. The van der Waals surface area contributed by atoms with Gasteiger partial charge in [-0.2, -0.15) is 8.78 Å². The summed E-state index contributed by atoms with van der Waals surface area (Å²) in [7, 11) is 0. The highest BCUT2D eigenvalue weighted by Crippen LogP contribution is 2.39. The number of halogens is 2. The molecule has 1 aromatic heterocycles. The maximum atomic E-state index is 13.5. The Labute approximate surface area is 146 Å². The second-order valence-electron chi connectivity index (χ2n) is 5.79. The summed E-state index contributed by atoms with van der Waals surface area (Å²) in [5.41, 5.74) is 3.37. The lowest BCUT2D eigenvalue weighted by Crippen LogP contribution is -2.29. The molecular weight excluding hydrogens is 326 g/mol. The van der Waals surface area contributed by atoms with Crippen molar-refractivity contribution in [2.75, 3.05) is 6.61 Å². The van der Waals surface area contributed by atoms with E-state index in [1.165, 1.54) is 6.07 Å². The minimum absolute atomic E-state index is 0.0633. The largest absolute Gasteiger partial charge is 0.429 e. The summed E-state index contributed by atoms with van der Waals surface area (Å²) in [5, 5.41) is 8.79. The van der Waals surface area contributed by atoms with Crippen molar-refractivity contribution in [2.24, 2.45) is 4.99 Å². The molecule has 1 heterocycles. The number of nitrogens with zero attached hydrogens (tertiary/aromatic N) is 2. The number of alkyl halides is 2. The average molecular weight is 348 g/mol. The van der Waals surface area contributed by atoms with Gasteiger partial charge in [-0.1, -0.05) is 19.4 Å². The van der Waals surface area contributed by atoms with Gasteiger partial charge in [0.15, 0.2) is 5.75 Å². The van der Waals surface area contributed by atoms with E-state index in [0.29, 0.717) is 11.3 Å². The van der Waals surface area contributed by atoms with Gasteiger partial charge in [-0.25, -0.2) is 0 Å². The Bertz CT molecular complexity index is 747. The van der Waals surface area contributed by atoms with E-state index in [-0.39, 0.29) is 5.75 Å². The van der Waals surface area contributed by atoms with Gasteiger partial charge in [0.05, 0.1) is 5.69 Å². The predicted molar refractivity (Wildman–Crippen MR) is 94.7 cm³/mol. The SMILES string of the molecule is CCC/C(C)=N\c1c(OC(F)(F)CO)ccc(-c2ccccn2)c1C. The second-order valence-corrected chi connectivity index (χ2v) is 5.79. The number of hydrogen-bond acceptors (Lipinski definition) is 4. The van der Waals surface area contributed by atoms with Crippen molar-refractivity contribution in [3.8, 4) is 17.0 Å². The number of hydrogen-bond donors (Lipinski definition) is 1. The fourth-order valence-electron chi connectivity index (χ4n) is 2.50. The lowest BCUT2D eigenvalue weighted by Gasteiger charge is -2.19. The standard InChI is InChI=1S/C19H22F2N2O2/c1-4-7-13(2)23-18-14(3)15(16-8-5-6-11-22-16)9-10-17(18)25-19(20,21)12-24/h5-6,8-11,24H,4,7,12H2,1-3H3/b23-13-. The smallest absolute Gasteiger partial charge is 0.421 e. The maximum Gasteiger partial charge on any atom is 0.421 e. The molecule has 1 aromatic carbocycles. The van der Waals surface area contributed by atoms with E-state index in [1.54, 1.807) is 19.2 Å². The van der Waals surface area contributed by atoms with Gasteiger partial charge in [0.2, 0.25) is 0 Å². The molecule has 0 spiro atoms. The van der Waals surface area contributed by atoms with Crippen LogP contribution in [0.4, 0.5) is 14.5 Å². The molecular formula is C19H22F2N2O2. The predicted octanol–water partition coefficient (Wildman–Crippen LogP) is 4.91. The van der Waals surface area contributed by atoms with Gasteiger partial charge in [-0.05, 0) is 50.1 Å². The first-order valence-electron chi connectivity index (χ1n) is 8.15.